The number of nitrogens with one attached hydrogen (secondary N) is 1. The second kappa shape index (κ2) is 11.1. The van der Waals surface area contributed by atoms with Crippen molar-refractivity contribution < 1.29 is 24.2 Å². The van der Waals surface area contributed by atoms with Crippen LogP contribution in [0.1, 0.15) is 94.7 Å². The Bertz CT molecular complexity index is 1100. The minimum Gasteiger partial charge on any atom is -0.490 e. The van der Waals surface area contributed by atoms with Crippen LogP contribution in [0.4, 0.5) is 0 Å². The molecule has 2 fully saturated rings. The summed E-state index contributed by atoms with van der Waals surface area (Å²) in [5.41, 5.74) is 4.75. The lowest BCUT2D eigenvalue weighted by atomic mass is 9.87. The van der Waals surface area contributed by atoms with Crippen LogP contribution in [-0.4, -0.2) is 35.4 Å². The predicted octanol–water partition coefficient (Wildman–Crippen LogP) is 5.60. The second-order valence-electron chi connectivity index (χ2n) is 10.0. The van der Waals surface area contributed by atoms with Gasteiger partial charge >= 0.3 is 5.97 Å². The molecular formula is C29H35NO5. The van der Waals surface area contributed by atoms with Gasteiger partial charge in [-0.2, -0.15) is 0 Å². The highest BCUT2D eigenvalue weighted by atomic mass is 16.5. The van der Waals surface area contributed by atoms with Crippen molar-refractivity contribution in [2.45, 2.75) is 77.2 Å². The van der Waals surface area contributed by atoms with Crippen molar-refractivity contribution in [3.63, 3.8) is 0 Å². The van der Waals surface area contributed by atoms with Crippen LogP contribution >= 0.6 is 0 Å². The Kier molecular flexibility index (Phi) is 7.89. The van der Waals surface area contributed by atoms with Crippen LogP contribution in [0.25, 0.3) is 0 Å². The molecule has 6 nitrogen and oxygen atoms in total. The number of aliphatic carboxylic acids is 1. The average molecular weight is 478 g/mol. The van der Waals surface area contributed by atoms with Gasteiger partial charge in [0.05, 0.1) is 12.0 Å². The third-order valence-corrected chi connectivity index (χ3v) is 7.25. The normalized spacial score (nSPS) is 19.7. The zero-order valence-electron chi connectivity index (χ0n) is 20.6. The summed E-state index contributed by atoms with van der Waals surface area (Å²) in [4.78, 5) is 36.4. The van der Waals surface area contributed by atoms with E-state index >= 15 is 0 Å². The van der Waals surface area contributed by atoms with E-state index in [0.29, 0.717) is 55.0 Å². The molecule has 0 heterocycles. The second-order valence-corrected chi connectivity index (χ2v) is 10.0. The Balaban J connectivity index is 1.22. The fourth-order valence-corrected chi connectivity index (χ4v) is 4.95. The number of hydrogen-bond acceptors (Lipinski definition) is 4. The summed E-state index contributed by atoms with van der Waals surface area (Å²) in [5.74, 6) is 0.296. The third kappa shape index (κ3) is 6.50. The topological polar surface area (TPSA) is 92.7 Å². The van der Waals surface area contributed by atoms with Crippen LogP contribution < -0.4 is 10.1 Å². The SMILES string of the molecule is Cc1cc(OC2CCC(C(=O)O)CC2)ccc1C(=O)CCCNC(=O)c1ccc(C)c(C2CC2)c1. The molecule has 0 aliphatic heterocycles. The minimum atomic E-state index is -0.723. The molecule has 6 heteroatoms. The quantitative estimate of drug-likeness (QED) is 0.343. The van der Waals surface area contributed by atoms with E-state index in [9.17, 15) is 14.4 Å². The molecule has 35 heavy (non-hydrogen) atoms. The van der Waals surface area contributed by atoms with Gasteiger partial charge in [0, 0.05) is 24.1 Å². The van der Waals surface area contributed by atoms with Crippen molar-refractivity contribution >= 4 is 17.7 Å². The summed E-state index contributed by atoms with van der Waals surface area (Å²) in [6.07, 6.45) is 6.10. The summed E-state index contributed by atoms with van der Waals surface area (Å²) in [7, 11) is 0. The lowest BCUT2D eigenvalue weighted by molar-refractivity contribution is -0.143. The van der Waals surface area contributed by atoms with Crippen molar-refractivity contribution in [2.75, 3.05) is 6.54 Å². The van der Waals surface area contributed by atoms with Gasteiger partial charge in [0.2, 0.25) is 0 Å². The van der Waals surface area contributed by atoms with Crippen LogP contribution in [-0.2, 0) is 4.79 Å². The number of carboxylic acids is 1. The van der Waals surface area contributed by atoms with Crippen molar-refractivity contribution in [3.05, 3.63) is 64.2 Å². The number of rotatable bonds is 10. The summed E-state index contributed by atoms with van der Waals surface area (Å²) < 4.78 is 6.05. The van der Waals surface area contributed by atoms with E-state index in [2.05, 4.69) is 12.2 Å². The number of aryl methyl sites for hydroxylation is 2. The highest BCUT2D eigenvalue weighted by Gasteiger charge is 2.27. The van der Waals surface area contributed by atoms with Crippen LogP contribution in [0.2, 0.25) is 0 Å². The molecule has 0 radical (unpaired) electrons. The first-order valence-corrected chi connectivity index (χ1v) is 12.7. The van der Waals surface area contributed by atoms with Gasteiger partial charge in [0.15, 0.2) is 5.78 Å². The first kappa shape index (κ1) is 25.0. The van der Waals surface area contributed by atoms with E-state index in [1.54, 1.807) is 6.07 Å². The maximum Gasteiger partial charge on any atom is 0.306 e. The maximum absolute atomic E-state index is 12.7. The highest BCUT2D eigenvalue weighted by Crippen LogP contribution is 2.41. The Morgan fingerprint density at radius 2 is 1.69 bits per heavy atom. The van der Waals surface area contributed by atoms with Crippen LogP contribution in [0.3, 0.4) is 0 Å². The van der Waals surface area contributed by atoms with E-state index in [1.807, 2.05) is 37.3 Å². The Hall–Kier alpha value is -3.15. The molecule has 0 atom stereocenters. The van der Waals surface area contributed by atoms with E-state index < -0.39 is 5.97 Å². The molecule has 2 aromatic carbocycles. The van der Waals surface area contributed by atoms with Crippen molar-refractivity contribution in [3.8, 4) is 5.75 Å². The summed E-state index contributed by atoms with van der Waals surface area (Å²) in [6.45, 7) is 4.45. The Morgan fingerprint density at radius 3 is 2.34 bits per heavy atom. The fourth-order valence-electron chi connectivity index (χ4n) is 4.95. The van der Waals surface area contributed by atoms with Crippen LogP contribution in [0.5, 0.6) is 5.75 Å². The number of benzene rings is 2. The van der Waals surface area contributed by atoms with E-state index in [-0.39, 0.29) is 23.7 Å². The monoisotopic (exact) mass is 477 g/mol. The molecule has 0 spiro atoms. The molecule has 186 valence electrons. The smallest absolute Gasteiger partial charge is 0.306 e. The van der Waals surface area contributed by atoms with Gasteiger partial charge in [-0.1, -0.05) is 6.07 Å². The molecular weight excluding hydrogens is 442 g/mol. The largest absolute Gasteiger partial charge is 0.490 e. The van der Waals surface area contributed by atoms with Crippen molar-refractivity contribution in [1.29, 1.82) is 0 Å². The number of carboxylic acid groups (broad SMARTS) is 1. The van der Waals surface area contributed by atoms with Gasteiger partial charge in [-0.25, -0.2) is 0 Å². The van der Waals surface area contributed by atoms with Gasteiger partial charge in [-0.15, -0.1) is 0 Å². The van der Waals surface area contributed by atoms with Crippen molar-refractivity contribution in [1.82, 2.24) is 5.32 Å². The number of carbonyl (C=O) groups excluding carboxylic acids is 2. The van der Waals surface area contributed by atoms with Crippen LogP contribution in [0, 0.1) is 19.8 Å². The first-order chi connectivity index (χ1) is 16.8. The number of ether oxygens (including phenoxy) is 1. The molecule has 2 aromatic rings. The standard InChI is InChI=1S/C29H35NO5/c1-18-5-6-22(17-26(18)20-7-8-20)28(32)30-15-3-4-27(31)25-14-13-24(16-19(25)2)35-23-11-9-21(10-12-23)29(33)34/h5-6,13-14,16-17,20-21,23H,3-4,7-12,15H2,1-2H3,(H,30,32)(H,33,34). The minimum absolute atomic E-state index is 0.0176. The first-order valence-electron chi connectivity index (χ1n) is 12.7. The third-order valence-electron chi connectivity index (χ3n) is 7.25. The Labute approximate surface area is 207 Å². The maximum atomic E-state index is 12.7. The van der Waals surface area contributed by atoms with Gasteiger partial charge in [0.25, 0.3) is 5.91 Å². The number of ketones is 1. The fraction of sp³-hybridized carbons (Fsp3) is 0.483. The summed E-state index contributed by atoms with van der Waals surface area (Å²) in [5, 5.41) is 12.1. The number of amides is 1. The molecule has 2 aliphatic rings. The van der Waals surface area contributed by atoms with Crippen molar-refractivity contribution in [2.24, 2.45) is 5.92 Å². The number of hydrogen-bond donors (Lipinski definition) is 2. The molecule has 0 bridgehead atoms. The zero-order valence-corrected chi connectivity index (χ0v) is 20.6. The number of carbonyl (C=O) groups is 3. The van der Waals surface area contributed by atoms with E-state index in [1.165, 1.54) is 24.0 Å². The molecule has 0 unspecified atom stereocenters. The van der Waals surface area contributed by atoms with E-state index in [4.69, 9.17) is 9.84 Å². The van der Waals surface area contributed by atoms with Gasteiger partial charge in [-0.05, 0) is 112 Å². The predicted molar refractivity (Wildman–Crippen MR) is 134 cm³/mol. The average Bonchev–Trinajstić information content (AvgIpc) is 3.67. The molecule has 2 saturated carbocycles. The molecule has 0 saturated heterocycles. The van der Waals surface area contributed by atoms with Gasteiger partial charge in [-0.3, -0.25) is 14.4 Å². The summed E-state index contributed by atoms with van der Waals surface area (Å²) in [6, 6.07) is 11.4. The number of Topliss-reactive ketones (excluding diaryl/α,β-unsaturated/α-hetero) is 1. The molecule has 4 rings (SSSR count). The lowest BCUT2D eigenvalue weighted by Gasteiger charge is -2.27. The van der Waals surface area contributed by atoms with Gasteiger partial charge < -0.3 is 15.2 Å². The lowest BCUT2D eigenvalue weighted by Crippen LogP contribution is -2.27. The molecule has 1 amide bonds. The van der Waals surface area contributed by atoms with E-state index in [0.717, 1.165) is 18.4 Å². The zero-order chi connectivity index (χ0) is 24.9. The van der Waals surface area contributed by atoms with Crippen LogP contribution in [0.15, 0.2) is 36.4 Å². The molecule has 0 aromatic heterocycles. The van der Waals surface area contributed by atoms with Gasteiger partial charge in [0.1, 0.15) is 5.75 Å². The highest BCUT2D eigenvalue weighted by molar-refractivity contribution is 5.97. The molecule has 2 N–H and O–H groups in total. The summed E-state index contributed by atoms with van der Waals surface area (Å²) >= 11 is 0. The Morgan fingerprint density at radius 1 is 0.943 bits per heavy atom. The molecule has 2 aliphatic carbocycles.